The van der Waals surface area contributed by atoms with Crippen molar-refractivity contribution in [1.29, 1.82) is 0 Å². The first-order valence-electron chi connectivity index (χ1n) is 4.82. The van der Waals surface area contributed by atoms with Crippen LogP contribution in [0.25, 0.3) is 0 Å². The molecule has 0 heterocycles. The van der Waals surface area contributed by atoms with Gasteiger partial charge in [0.2, 0.25) is 0 Å². The summed E-state index contributed by atoms with van der Waals surface area (Å²) < 4.78 is 0. The molecule has 0 aliphatic heterocycles. The van der Waals surface area contributed by atoms with Crippen molar-refractivity contribution in [1.82, 2.24) is 5.32 Å². The van der Waals surface area contributed by atoms with Crippen molar-refractivity contribution in [3.63, 3.8) is 0 Å². The van der Waals surface area contributed by atoms with Gasteiger partial charge in [0.1, 0.15) is 0 Å². The van der Waals surface area contributed by atoms with Gasteiger partial charge < -0.3 is 11.1 Å². The molecule has 0 fully saturated rings. The van der Waals surface area contributed by atoms with Crippen LogP contribution in [0.4, 0.5) is 0 Å². The third-order valence-electron chi connectivity index (χ3n) is 2.31. The second-order valence-electron chi connectivity index (χ2n) is 3.59. The van der Waals surface area contributed by atoms with E-state index in [0.717, 1.165) is 11.6 Å². The standard InChI is InChI=1S/C11H17ClN2/c1-8-3-4-11(12)5-10(8)7-14-9(2)6-13/h3-5,9,14H,6-7,13H2,1-2H3/t9-/m0/s1. The van der Waals surface area contributed by atoms with Crippen molar-refractivity contribution < 1.29 is 0 Å². The fourth-order valence-electron chi connectivity index (χ4n) is 1.20. The van der Waals surface area contributed by atoms with E-state index in [1.54, 1.807) is 0 Å². The molecule has 78 valence electrons. The first-order valence-corrected chi connectivity index (χ1v) is 5.19. The highest BCUT2D eigenvalue weighted by molar-refractivity contribution is 6.30. The lowest BCUT2D eigenvalue weighted by Gasteiger charge is -2.12. The predicted molar refractivity (Wildman–Crippen MR) is 61.5 cm³/mol. The van der Waals surface area contributed by atoms with E-state index in [9.17, 15) is 0 Å². The fraction of sp³-hybridized carbons (Fsp3) is 0.455. The van der Waals surface area contributed by atoms with Crippen molar-refractivity contribution in [2.75, 3.05) is 6.54 Å². The van der Waals surface area contributed by atoms with Gasteiger partial charge in [0.25, 0.3) is 0 Å². The molecule has 0 unspecified atom stereocenters. The van der Waals surface area contributed by atoms with Gasteiger partial charge in [-0.2, -0.15) is 0 Å². The van der Waals surface area contributed by atoms with Crippen LogP contribution < -0.4 is 11.1 Å². The van der Waals surface area contributed by atoms with Gasteiger partial charge in [0, 0.05) is 24.2 Å². The van der Waals surface area contributed by atoms with Crippen LogP contribution in [0.3, 0.4) is 0 Å². The Morgan fingerprint density at radius 3 is 2.86 bits per heavy atom. The average molecular weight is 213 g/mol. The van der Waals surface area contributed by atoms with Crippen molar-refractivity contribution in [3.8, 4) is 0 Å². The maximum Gasteiger partial charge on any atom is 0.0409 e. The summed E-state index contributed by atoms with van der Waals surface area (Å²) in [5.74, 6) is 0. The third kappa shape index (κ3) is 3.29. The maximum absolute atomic E-state index is 5.91. The Bertz CT molecular complexity index is 299. The van der Waals surface area contributed by atoms with Crippen LogP contribution in [0.1, 0.15) is 18.1 Å². The van der Waals surface area contributed by atoms with Crippen LogP contribution in [0.15, 0.2) is 18.2 Å². The van der Waals surface area contributed by atoms with Crippen LogP contribution >= 0.6 is 11.6 Å². The Kier molecular flexibility index (Phi) is 4.39. The number of aryl methyl sites for hydroxylation is 1. The molecule has 1 rings (SSSR count). The van der Waals surface area contributed by atoms with Crippen LogP contribution in [0.2, 0.25) is 5.02 Å². The highest BCUT2D eigenvalue weighted by Gasteiger charge is 2.01. The molecule has 0 aliphatic carbocycles. The quantitative estimate of drug-likeness (QED) is 0.802. The number of nitrogens with one attached hydrogen (secondary N) is 1. The highest BCUT2D eigenvalue weighted by atomic mass is 35.5. The zero-order valence-corrected chi connectivity index (χ0v) is 9.43. The molecule has 0 radical (unpaired) electrons. The van der Waals surface area contributed by atoms with Gasteiger partial charge in [0.15, 0.2) is 0 Å². The highest BCUT2D eigenvalue weighted by Crippen LogP contribution is 2.15. The molecule has 3 heteroatoms. The molecule has 2 nitrogen and oxygen atoms in total. The Balaban J connectivity index is 2.62. The second-order valence-corrected chi connectivity index (χ2v) is 4.02. The zero-order chi connectivity index (χ0) is 10.6. The lowest BCUT2D eigenvalue weighted by atomic mass is 10.1. The first-order chi connectivity index (χ1) is 6.63. The molecule has 1 atom stereocenters. The zero-order valence-electron chi connectivity index (χ0n) is 8.68. The first kappa shape index (κ1) is 11.5. The molecule has 0 aliphatic rings. The fourth-order valence-corrected chi connectivity index (χ4v) is 1.39. The summed E-state index contributed by atoms with van der Waals surface area (Å²) >= 11 is 5.91. The molecule has 0 spiro atoms. The number of hydrogen-bond acceptors (Lipinski definition) is 2. The van der Waals surface area contributed by atoms with Crippen molar-refractivity contribution in [2.45, 2.75) is 26.4 Å². The summed E-state index contributed by atoms with van der Waals surface area (Å²) in [6.45, 7) is 5.63. The number of nitrogens with two attached hydrogens (primary N) is 1. The van der Waals surface area contributed by atoms with Crippen LogP contribution in [-0.2, 0) is 6.54 Å². The number of rotatable bonds is 4. The minimum atomic E-state index is 0.341. The summed E-state index contributed by atoms with van der Waals surface area (Å²) in [4.78, 5) is 0. The van der Waals surface area contributed by atoms with Gasteiger partial charge in [-0.3, -0.25) is 0 Å². The maximum atomic E-state index is 5.91. The Labute approximate surface area is 90.4 Å². The minimum Gasteiger partial charge on any atom is -0.329 e. The average Bonchev–Trinajstić information content (AvgIpc) is 2.19. The minimum absolute atomic E-state index is 0.341. The van der Waals surface area contributed by atoms with E-state index in [0.29, 0.717) is 12.6 Å². The molecule has 0 bridgehead atoms. The van der Waals surface area contributed by atoms with Gasteiger partial charge >= 0.3 is 0 Å². The van der Waals surface area contributed by atoms with E-state index in [2.05, 4.69) is 19.2 Å². The molecule has 1 aromatic carbocycles. The molecule has 0 aromatic heterocycles. The summed E-state index contributed by atoms with van der Waals surface area (Å²) in [6, 6.07) is 6.28. The van der Waals surface area contributed by atoms with Crippen molar-refractivity contribution in [3.05, 3.63) is 34.3 Å². The van der Waals surface area contributed by atoms with E-state index in [1.165, 1.54) is 11.1 Å². The molecule has 0 saturated heterocycles. The topological polar surface area (TPSA) is 38.0 Å². The Hall–Kier alpha value is -0.570. The molecule has 3 N–H and O–H groups in total. The van der Waals surface area contributed by atoms with E-state index in [4.69, 9.17) is 17.3 Å². The van der Waals surface area contributed by atoms with Crippen LogP contribution in [0, 0.1) is 6.92 Å². The molecule has 0 amide bonds. The number of halogens is 1. The molecule has 14 heavy (non-hydrogen) atoms. The molecule has 0 saturated carbocycles. The van der Waals surface area contributed by atoms with Gasteiger partial charge in [-0.1, -0.05) is 17.7 Å². The second kappa shape index (κ2) is 5.35. The summed E-state index contributed by atoms with van der Waals surface area (Å²) in [5.41, 5.74) is 8.01. The van der Waals surface area contributed by atoms with Crippen molar-refractivity contribution in [2.24, 2.45) is 5.73 Å². The summed E-state index contributed by atoms with van der Waals surface area (Å²) in [5, 5.41) is 4.12. The van der Waals surface area contributed by atoms with E-state index in [-0.39, 0.29) is 0 Å². The lowest BCUT2D eigenvalue weighted by molar-refractivity contribution is 0.555. The predicted octanol–water partition coefficient (Wildman–Crippen LogP) is 2.09. The summed E-state index contributed by atoms with van der Waals surface area (Å²) in [7, 11) is 0. The molecule has 1 aromatic rings. The van der Waals surface area contributed by atoms with Gasteiger partial charge in [-0.05, 0) is 37.1 Å². The van der Waals surface area contributed by atoms with Crippen LogP contribution in [-0.4, -0.2) is 12.6 Å². The lowest BCUT2D eigenvalue weighted by Crippen LogP contribution is -2.32. The van der Waals surface area contributed by atoms with Crippen LogP contribution in [0.5, 0.6) is 0 Å². The normalized spacial score (nSPS) is 12.9. The van der Waals surface area contributed by atoms with Gasteiger partial charge in [-0.15, -0.1) is 0 Å². The molecular weight excluding hydrogens is 196 g/mol. The largest absolute Gasteiger partial charge is 0.329 e. The van der Waals surface area contributed by atoms with E-state index < -0.39 is 0 Å². The van der Waals surface area contributed by atoms with E-state index >= 15 is 0 Å². The van der Waals surface area contributed by atoms with E-state index in [1.807, 2.05) is 18.2 Å². The smallest absolute Gasteiger partial charge is 0.0409 e. The van der Waals surface area contributed by atoms with Crippen molar-refractivity contribution >= 4 is 11.6 Å². The molecular formula is C11H17ClN2. The summed E-state index contributed by atoms with van der Waals surface area (Å²) in [6.07, 6.45) is 0. The third-order valence-corrected chi connectivity index (χ3v) is 2.54. The van der Waals surface area contributed by atoms with Gasteiger partial charge in [0.05, 0.1) is 0 Å². The van der Waals surface area contributed by atoms with Gasteiger partial charge in [-0.25, -0.2) is 0 Å². The Morgan fingerprint density at radius 2 is 2.21 bits per heavy atom. The monoisotopic (exact) mass is 212 g/mol. The number of benzene rings is 1. The number of hydrogen-bond donors (Lipinski definition) is 2. The Morgan fingerprint density at radius 1 is 1.50 bits per heavy atom. The SMILES string of the molecule is Cc1ccc(Cl)cc1CN[C@@H](C)CN.